The molecule has 158 valence electrons. The van der Waals surface area contributed by atoms with Crippen LogP contribution in [0.4, 0.5) is 4.79 Å². The van der Waals surface area contributed by atoms with Crippen molar-refractivity contribution in [2.75, 3.05) is 6.54 Å². The van der Waals surface area contributed by atoms with E-state index >= 15 is 0 Å². The van der Waals surface area contributed by atoms with Crippen LogP contribution in [0.15, 0.2) is 53.1 Å². The Balaban J connectivity index is 1.56. The summed E-state index contributed by atoms with van der Waals surface area (Å²) in [6, 6.07) is 11.2. The van der Waals surface area contributed by atoms with Crippen LogP contribution in [0.2, 0.25) is 5.02 Å². The summed E-state index contributed by atoms with van der Waals surface area (Å²) in [7, 11) is 0. The molecule has 2 aromatic heterocycles. The van der Waals surface area contributed by atoms with Crippen molar-refractivity contribution >= 4 is 35.2 Å². The summed E-state index contributed by atoms with van der Waals surface area (Å²) in [6.07, 6.45) is 1.40. The molecule has 4 amide bonds. The third kappa shape index (κ3) is 3.66. The maximum Gasteiger partial charge on any atom is 0.335 e. The maximum atomic E-state index is 13.0. The van der Waals surface area contributed by atoms with Gasteiger partial charge in [0, 0.05) is 27.7 Å². The highest BCUT2D eigenvalue weighted by Crippen LogP contribution is 2.24. The molecule has 1 aliphatic heterocycles. The van der Waals surface area contributed by atoms with E-state index in [1.54, 1.807) is 37.3 Å². The second kappa shape index (κ2) is 7.88. The highest BCUT2D eigenvalue weighted by atomic mass is 35.5. The zero-order chi connectivity index (χ0) is 22.3. The van der Waals surface area contributed by atoms with Crippen LogP contribution < -0.4 is 0 Å². The molecule has 0 aliphatic carbocycles. The highest BCUT2D eigenvalue weighted by molar-refractivity contribution is 6.45. The normalized spacial score (nSPS) is 14.1. The van der Waals surface area contributed by atoms with Gasteiger partial charge in [-0.3, -0.25) is 14.4 Å². The van der Waals surface area contributed by atoms with Crippen LogP contribution in [-0.4, -0.2) is 44.5 Å². The first-order valence-corrected chi connectivity index (χ1v) is 9.83. The molecule has 0 radical (unpaired) electrons. The van der Waals surface area contributed by atoms with Crippen LogP contribution in [-0.2, 0) is 16.1 Å². The Morgan fingerprint density at radius 1 is 1.00 bits per heavy atom. The van der Waals surface area contributed by atoms with Gasteiger partial charge in [0.2, 0.25) is 0 Å². The third-order valence-electron chi connectivity index (χ3n) is 5.15. The van der Waals surface area contributed by atoms with Gasteiger partial charge in [-0.2, -0.15) is 0 Å². The van der Waals surface area contributed by atoms with E-state index in [9.17, 15) is 19.2 Å². The van der Waals surface area contributed by atoms with Gasteiger partial charge in [-0.1, -0.05) is 11.6 Å². The quantitative estimate of drug-likeness (QED) is 0.333. The molecule has 0 unspecified atom stereocenters. The number of halogens is 1. The van der Waals surface area contributed by atoms with E-state index in [0.717, 1.165) is 16.3 Å². The van der Waals surface area contributed by atoms with Crippen molar-refractivity contribution in [2.24, 2.45) is 0 Å². The number of hydrogen-bond acceptors (Lipinski definition) is 5. The minimum atomic E-state index is -1.03. The predicted octanol–water partition coefficient (Wildman–Crippen LogP) is 3.51. The van der Waals surface area contributed by atoms with Crippen molar-refractivity contribution in [3.8, 4) is 5.69 Å². The Bertz CT molecular complexity index is 1190. The molecule has 1 saturated heterocycles. The molecule has 3 heterocycles. The molecule has 0 saturated carbocycles. The van der Waals surface area contributed by atoms with E-state index in [-0.39, 0.29) is 6.54 Å². The summed E-state index contributed by atoms with van der Waals surface area (Å²) in [5.74, 6) is -2.10. The van der Waals surface area contributed by atoms with Crippen LogP contribution in [0.5, 0.6) is 0 Å². The van der Waals surface area contributed by atoms with E-state index in [4.69, 9.17) is 16.0 Å². The molecule has 1 fully saturated rings. The average molecular weight is 440 g/mol. The molecule has 1 aliphatic rings. The topological polar surface area (TPSA) is 92.8 Å². The fourth-order valence-corrected chi connectivity index (χ4v) is 3.77. The lowest BCUT2D eigenvalue weighted by Crippen LogP contribution is -2.37. The van der Waals surface area contributed by atoms with Crippen molar-refractivity contribution < 1.29 is 23.6 Å². The van der Waals surface area contributed by atoms with Gasteiger partial charge >= 0.3 is 17.8 Å². The number of benzene rings is 1. The number of aromatic nitrogens is 1. The Hall–Kier alpha value is -3.65. The van der Waals surface area contributed by atoms with Gasteiger partial charge in [0.05, 0.1) is 19.4 Å². The molecule has 0 spiro atoms. The van der Waals surface area contributed by atoms with Gasteiger partial charge in [0.15, 0.2) is 5.78 Å². The molecule has 31 heavy (non-hydrogen) atoms. The van der Waals surface area contributed by atoms with Gasteiger partial charge < -0.3 is 8.98 Å². The Morgan fingerprint density at radius 3 is 2.32 bits per heavy atom. The summed E-state index contributed by atoms with van der Waals surface area (Å²) < 4.78 is 7.02. The molecule has 0 N–H and O–H groups in total. The maximum absolute atomic E-state index is 13.0. The van der Waals surface area contributed by atoms with Gasteiger partial charge in [0.1, 0.15) is 5.76 Å². The number of ketones is 1. The predicted molar refractivity (Wildman–Crippen MR) is 111 cm³/mol. The largest absolute Gasteiger partial charge is 0.467 e. The summed E-state index contributed by atoms with van der Waals surface area (Å²) in [4.78, 5) is 51.6. The van der Waals surface area contributed by atoms with Crippen molar-refractivity contribution in [1.29, 1.82) is 0 Å². The van der Waals surface area contributed by atoms with Gasteiger partial charge in [0.25, 0.3) is 0 Å². The highest BCUT2D eigenvalue weighted by Gasteiger charge is 2.45. The second-order valence-electron chi connectivity index (χ2n) is 7.16. The third-order valence-corrected chi connectivity index (χ3v) is 5.40. The molecule has 0 bridgehead atoms. The van der Waals surface area contributed by atoms with E-state index in [1.165, 1.54) is 6.26 Å². The fourth-order valence-electron chi connectivity index (χ4n) is 3.65. The van der Waals surface area contributed by atoms with Crippen molar-refractivity contribution in [3.63, 3.8) is 0 Å². The molecular formula is C22H18ClN3O5. The molecule has 8 nitrogen and oxygen atoms in total. The lowest BCUT2D eigenvalue weighted by molar-refractivity contribution is -0.143. The molecule has 0 atom stereocenters. The first-order chi connectivity index (χ1) is 14.8. The number of hydrogen-bond donors (Lipinski definition) is 0. The second-order valence-corrected chi connectivity index (χ2v) is 7.60. The van der Waals surface area contributed by atoms with E-state index in [1.807, 2.05) is 23.6 Å². The average Bonchev–Trinajstić information content (AvgIpc) is 3.41. The number of nitrogens with zero attached hydrogens (tertiary/aromatic N) is 3. The Morgan fingerprint density at radius 2 is 1.68 bits per heavy atom. The Kier molecular flexibility index (Phi) is 5.24. The van der Waals surface area contributed by atoms with E-state index < -0.39 is 30.2 Å². The molecule has 9 heteroatoms. The minimum Gasteiger partial charge on any atom is -0.467 e. The van der Waals surface area contributed by atoms with Crippen LogP contribution in [0.1, 0.15) is 27.5 Å². The fraction of sp³-hybridized carbons (Fsp3) is 0.182. The number of furan rings is 1. The number of carbonyl (C=O) groups excluding carboxylic acids is 4. The first-order valence-electron chi connectivity index (χ1n) is 9.45. The number of urea groups is 1. The van der Waals surface area contributed by atoms with Crippen LogP contribution in [0.3, 0.4) is 0 Å². The number of rotatable bonds is 6. The van der Waals surface area contributed by atoms with Gasteiger partial charge in [-0.15, -0.1) is 0 Å². The van der Waals surface area contributed by atoms with Gasteiger partial charge in [-0.25, -0.2) is 14.6 Å². The zero-order valence-corrected chi connectivity index (χ0v) is 17.5. The molecule has 1 aromatic carbocycles. The molecular weight excluding hydrogens is 422 g/mol. The number of Topliss-reactive ketones (excluding diaryl/α,β-unsaturated/α-hetero) is 1. The van der Waals surface area contributed by atoms with E-state index in [0.29, 0.717) is 26.9 Å². The van der Waals surface area contributed by atoms with Crippen molar-refractivity contribution in [3.05, 3.63) is 76.5 Å². The number of amides is 4. The van der Waals surface area contributed by atoms with Crippen molar-refractivity contribution in [2.45, 2.75) is 20.4 Å². The van der Waals surface area contributed by atoms with Gasteiger partial charge in [-0.05, 0) is 56.3 Å². The molecule has 4 rings (SSSR count). The number of carbonyl (C=O) groups is 4. The smallest absolute Gasteiger partial charge is 0.335 e. The summed E-state index contributed by atoms with van der Waals surface area (Å²) in [5, 5.41) is 0.595. The monoisotopic (exact) mass is 439 g/mol. The lowest BCUT2D eigenvalue weighted by Gasteiger charge is -2.14. The standard InChI is InChI=1S/C22H18ClN3O5/c1-13-10-18(14(2)26(13)16-7-5-15(23)6-8-16)19(27)12-25-21(29)20(28)24(22(25)30)11-17-4-3-9-31-17/h3-10H,11-12H2,1-2H3. The summed E-state index contributed by atoms with van der Waals surface area (Å²) >= 11 is 5.95. The SMILES string of the molecule is Cc1cc(C(=O)CN2C(=O)C(=O)N(Cc3ccco3)C2=O)c(C)n1-c1ccc(Cl)cc1. The lowest BCUT2D eigenvalue weighted by atomic mass is 10.1. The van der Waals surface area contributed by atoms with Crippen LogP contribution in [0, 0.1) is 13.8 Å². The minimum absolute atomic E-state index is 0.174. The summed E-state index contributed by atoms with van der Waals surface area (Å²) in [6.45, 7) is 2.92. The summed E-state index contributed by atoms with van der Waals surface area (Å²) in [5.41, 5.74) is 2.65. The molecule has 3 aromatic rings. The van der Waals surface area contributed by atoms with Crippen LogP contribution in [0.25, 0.3) is 5.69 Å². The Labute approximate surface area is 182 Å². The van der Waals surface area contributed by atoms with Crippen molar-refractivity contribution in [1.82, 2.24) is 14.4 Å². The number of imide groups is 2. The zero-order valence-electron chi connectivity index (χ0n) is 16.8. The number of aryl methyl sites for hydroxylation is 1. The van der Waals surface area contributed by atoms with Crippen LogP contribution >= 0.6 is 11.6 Å². The van der Waals surface area contributed by atoms with E-state index in [2.05, 4.69) is 0 Å². The first kappa shape index (κ1) is 20.6.